The van der Waals surface area contributed by atoms with Gasteiger partial charge in [0, 0.05) is 12.5 Å². The quantitative estimate of drug-likeness (QED) is 0.583. The lowest BCUT2D eigenvalue weighted by atomic mass is 9.54. The summed E-state index contributed by atoms with van der Waals surface area (Å²) in [5.41, 5.74) is 0.519. The number of amidine groups is 1. The Morgan fingerprint density at radius 1 is 1.15 bits per heavy atom. The van der Waals surface area contributed by atoms with E-state index in [0.717, 1.165) is 11.8 Å². The second kappa shape index (κ2) is 9.51. The third-order valence-electron chi connectivity index (χ3n) is 8.72. The minimum atomic E-state index is -1.61. The standard InChI is InChI=1S/C24H35N5O4S/c30-23(26-22-18-9-16-8-17(11-18)12-19(22)10-16)20-13-25-29(7-6-21-27-33-34(31)28-21)24(20)32-14-15-4-2-1-3-5-15/h13,15-19,22H,1-12,14H2,(H,26,30)(H,27,28). The Hall–Kier alpha value is -2.10. The van der Waals surface area contributed by atoms with Crippen molar-refractivity contribution in [1.29, 1.82) is 0 Å². The van der Waals surface area contributed by atoms with Gasteiger partial charge in [-0.3, -0.25) is 13.8 Å². The number of nitrogens with one attached hydrogen (secondary N) is 2. The van der Waals surface area contributed by atoms with Gasteiger partial charge >= 0.3 is 11.3 Å². The zero-order chi connectivity index (χ0) is 23.1. The Labute approximate surface area is 203 Å². The number of hydrogen-bond acceptors (Lipinski definition) is 6. The van der Waals surface area contributed by atoms with Crippen LogP contribution in [0.1, 0.15) is 81.0 Å². The number of nitrogens with zero attached hydrogens (tertiary/aromatic N) is 3. The molecule has 0 saturated heterocycles. The summed E-state index contributed by atoms with van der Waals surface area (Å²) in [6, 6.07) is 0.277. The van der Waals surface area contributed by atoms with Crippen molar-refractivity contribution in [3.63, 3.8) is 0 Å². The van der Waals surface area contributed by atoms with Crippen LogP contribution < -0.4 is 14.8 Å². The van der Waals surface area contributed by atoms with Crippen molar-refractivity contribution >= 4 is 23.0 Å². The van der Waals surface area contributed by atoms with E-state index in [1.807, 2.05) is 0 Å². The zero-order valence-electron chi connectivity index (χ0n) is 19.6. The molecule has 7 rings (SSSR count). The van der Waals surface area contributed by atoms with E-state index in [0.29, 0.717) is 54.6 Å². The molecule has 0 radical (unpaired) electrons. The van der Waals surface area contributed by atoms with Crippen LogP contribution in [0.25, 0.3) is 0 Å². The summed E-state index contributed by atoms with van der Waals surface area (Å²) in [5.74, 6) is 4.48. The van der Waals surface area contributed by atoms with Gasteiger partial charge in [-0.1, -0.05) is 24.4 Å². The fourth-order valence-corrected chi connectivity index (χ4v) is 7.83. The van der Waals surface area contributed by atoms with Crippen LogP contribution in [0.3, 0.4) is 0 Å². The molecule has 5 fully saturated rings. The molecule has 6 aliphatic rings. The largest absolute Gasteiger partial charge is 0.477 e. The van der Waals surface area contributed by atoms with Gasteiger partial charge < -0.3 is 10.1 Å². The van der Waals surface area contributed by atoms with E-state index >= 15 is 0 Å². The van der Waals surface area contributed by atoms with Gasteiger partial charge in [-0.2, -0.15) is 9.31 Å². The summed E-state index contributed by atoms with van der Waals surface area (Å²) in [6.45, 7) is 1.06. The van der Waals surface area contributed by atoms with E-state index in [1.165, 1.54) is 64.2 Å². The van der Waals surface area contributed by atoms with Crippen LogP contribution in [0, 0.1) is 29.6 Å². The van der Waals surface area contributed by atoms with Gasteiger partial charge in [-0.25, -0.2) is 4.68 Å². The lowest BCUT2D eigenvalue weighted by Crippen LogP contribution is -2.55. The summed E-state index contributed by atoms with van der Waals surface area (Å²) in [4.78, 5) is 13.5. The lowest BCUT2D eigenvalue weighted by Gasteiger charge is -2.54. The summed E-state index contributed by atoms with van der Waals surface area (Å²) in [7, 11) is 0. The molecular formula is C24H35N5O4S. The van der Waals surface area contributed by atoms with E-state index in [2.05, 4.69) is 20.3 Å². The number of carbonyl (C=O) groups is 1. The normalized spacial score (nSPS) is 34.4. The predicted molar refractivity (Wildman–Crippen MR) is 127 cm³/mol. The number of aromatic nitrogens is 2. The highest BCUT2D eigenvalue weighted by atomic mass is 32.2. The molecule has 1 aliphatic heterocycles. The Kier molecular flexibility index (Phi) is 6.26. The second-order valence-corrected chi connectivity index (χ2v) is 11.9. The van der Waals surface area contributed by atoms with E-state index < -0.39 is 11.3 Å². The van der Waals surface area contributed by atoms with Gasteiger partial charge in [0.15, 0.2) is 5.84 Å². The first-order valence-electron chi connectivity index (χ1n) is 13.0. The molecule has 2 N–H and O–H groups in total. The SMILES string of the molecule is O=C(NC1C2CC3CC(C2)CC1C3)c1cnn(CCC2=NOS(=O)N2)c1OCC1CCCCC1. The smallest absolute Gasteiger partial charge is 0.338 e. The molecule has 5 saturated carbocycles. The Bertz CT molecular complexity index is 945. The minimum absolute atomic E-state index is 0.0665. The van der Waals surface area contributed by atoms with Gasteiger partial charge in [0.25, 0.3) is 5.91 Å². The maximum Gasteiger partial charge on any atom is 0.338 e. The summed E-state index contributed by atoms with van der Waals surface area (Å²) in [5, 5.41) is 11.7. The van der Waals surface area contributed by atoms with E-state index in [4.69, 9.17) is 9.02 Å². The Morgan fingerprint density at radius 3 is 2.56 bits per heavy atom. The van der Waals surface area contributed by atoms with Crippen molar-refractivity contribution in [2.24, 2.45) is 34.7 Å². The van der Waals surface area contributed by atoms with E-state index in [9.17, 15) is 9.00 Å². The third kappa shape index (κ3) is 4.57. The van der Waals surface area contributed by atoms with Crippen molar-refractivity contribution in [3.8, 4) is 5.88 Å². The van der Waals surface area contributed by atoms with Crippen LogP contribution in [0.15, 0.2) is 11.4 Å². The summed E-state index contributed by atoms with van der Waals surface area (Å²) in [6.07, 6.45) is 14.7. The van der Waals surface area contributed by atoms with Crippen LogP contribution in [0.5, 0.6) is 5.88 Å². The molecule has 9 nitrogen and oxygen atoms in total. The number of hydrogen-bond donors (Lipinski definition) is 2. The van der Waals surface area contributed by atoms with Gasteiger partial charge in [0.05, 0.1) is 19.3 Å². The molecule has 1 aromatic rings. The first-order chi connectivity index (χ1) is 16.6. The second-order valence-electron chi connectivity index (χ2n) is 11.0. The molecule has 5 aliphatic carbocycles. The number of carbonyl (C=O) groups excluding carboxylic acids is 1. The molecule has 0 aromatic carbocycles. The lowest BCUT2D eigenvalue weighted by molar-refractivity contribution is -0.0120. The van der Waals surface area contributed by atoms with Crippen molar-refractivity contribution in [2.75, 3.05) is 6.61 Å². The van der Waals surface area contributed by atoms with Crippen molar-refractivity contribution < 1.29 is 18.0 Å². The van der Waals surface area contributed by atoms with Crippen LogP contribution >= 0.6 is 0 Å². The van der Waals surface area contributed by atoms with Crippen LogP contribution in [-0.4, -0.2) is 38.4 Å². The molecule has 0 spiro atoms. The molecule has 1 aromatic heterocycles. The maximum atomic E-state index is 13.5. The fraction of sp³-hybridized carbons (Fsp3) is 0.792. The molecule has 1 atom stereocenters. The van der Waals surface area contributed by atoms with Gasteiger partial charge in [-0.15, -0.1) is 0 Å². The van der Waals surface area contributed by atoms with Crippen molar-refractivity contribution in [1.82, 2.24) is 19.8 Å². The van der Waals surface area contributed by atoms with Gasteiger partial charge in [0.2, 0.25) is 5.88 Å². The Morgan fingerprint density at radius 2 is 1.88 bits per heavy atom. The molecule has 2 heterocycles. The number of rotatable bonds is 8. The Balaban J connectivity index is 1.16. The third-order valence-corrected chi connectivity index (χ3v) is 9.33. The van der Waals surface area contributed by atoms with Crippen molar-refractivity contribution in [3.05, 3.63) is 11.8 Å². The average Bonchev–Trinajstić information content (AvgIpc) is 3.44. The van der Waals surface area contributed by atoms with Crippen molar-refractivity contribution in [2.45, 2.75) is 83.2 Å². The van der Waals surface area contributed by atoms with Crippen LogP contribution in [0.2, 0.25) is 0 Å². The number of oxime groups is 1. The topological polar surface area (TPSA) is 107 Å². The van der Waals surface area contributed by atoms with Crippen LogP contribution in [0.4, 0.5) is 0 Å². The fourth-order valence-electron chi connectivity index (χ4n) is 7.30. The summed E-state index contributed by atoms with van der Waals surface area (Å²) < 4.78 is 26.8. The number of amides is 1. The first-order valence-corrected chi connectivity index (χ1v) is 14.1. The van der Waals surface area contributed by atoms with E-state index in [-0.39, 0.29) is 11.9 Å². The minimum Gasteiger partial charge on any atom is -0.477 e. The average molecular weight is 490 g/mol. The molecule has 1 unspecified atom stereocenters. The zero-order valence-corrected chi connectivity index (χ0v) is 20.4. The van der Waals surface area contributed by atoms with Gasteiger partial charge in [0.1, 0.15) is 5.56 Å². The summed E-state index contributed by atoms with van der Waals surface area (Å²) >= 11 is -1.61. The van der Waals surface area contributed by atoms with Crippen LogP contribution in [-0.2, 0) is 22.1 Å². The molecule has 186 valence electrons. The monoisotopic (exact) mass is 489 g/mol. The molecule has 1 amide bonds. The first kappa shape index (κ1) is 22.4. The highest BCUT2D eigenvalue weighted by Crippen LogP contribution is 2.53. The molecule has 10 heteroatoms. The van der Waals surface area contributed by atoms with Gasteiger partial charge in [-0.05, 0) is 74.5 Å². The van der Waals surface area contributed by atoms with E-state index in [1.54, 1.807) is 10.9 Å². The molecule has 34 heavy (non-hydrogen) atoms. The number of aryl methyl sites for hydroxylation is 1. The highest BCUT2D eigenvalue weighted by Gasteiger charge is 2.48. The molecule has 4 bridgehead atoms. The number of ether oxygens (including phenoxy) is 1. The highest BCUT2D eigenvalue weighted by molar-refractivity contribution is 7.79. The predicted octanol–water partition coefficient (Wildman–Crippen LogP) is 3.30. The maximum absolute atomic E-state index is 13.5. The molecular weight excluding hydrogens is 454 g/mol.